The first-order valence-electron chi connectivity index (χ1n) is 11.5. The monoisotopic (exact) mass is 456 g/mol. The van der Waals surface area contributed by atoms with Gasteiger partial charge in [0.05, 0.1) is 17.7 Å². The summed E-state index contributed by atoms with van der Waals surface area (Å²) in [5, 5.41) is 4.40. The van der Waals surface area contributed by atoms with Gasteiger partial charge in [-0.3, -0.25) is 8.77 Å². The maximum atomic E-state index is 12.8. The van der Waals surface area contributed by atoms with Crippen LogP contribution in [-0.2, 0) is 4.74 Å². The van der Waals surface area contributed by atoms with Gasteiger partial charge in [0.25, 0.3) is 5.91 Å². The van der Waals surface area contributed by atoms with E-state index in [1.54, 1.807) is 19.1 Å². The molecule has 1 N–H and O–H groups in total. The zero-order valence-electron chi connectivity index (χ0n) is 18.7. The van der Waals surface area contributed by atoms with Crippen molar-refractivity contribution in [3.63, 3.8) is 0 Å². The lowest BCUT2D eigenvalue weighted by molar-refractivity contribution is 0.0392. The van der Waals surface area contributed by atoms with Crippen molar-refractivity contribution in [1.29, 1.82) is 0 Å². The third-order valence-corrected chi connectivity index (χ3v) is 7.39. The van der Waals surface area contributed by atoms with E-state index in [2.05, 4.69) is 64.0 Å². The highest BCUT2D eigenvalue weighted by Gasteiger charge is 2.26. The summed E-state index contributed by atoms with van der Waals surface area (Å²) in [4.78, 5) is 13.9. The van der Waals surface area contributed by atoms with Crippen molar-refractivity contribution in [2.75, 3.05) is 7.11 Å². The number of nitrogens with one attached hydrogen (secondary N) is 1. The van der Waals surface area contributed by atoms with E-state index in [0.717, 1.165) is 30.6 Å². The number of hydrogen-bond donors (Lipinski definition) is 1. The fraction of sp³-hybridized carbons (Fsp3) is 0.250. The number of para-hydroxylation sites is 1. The molecule has 1 amide bonds. The van der Waals surface area contributed by atoms with E-state index in [1.807, 2.05) is 30.3 Å². The lowest BCUT2D eigenvalue weighted by Gasteiger charge is -2.31. The second kappa shape index (κ2) is 9.86. The predicted molar refractivity (Wildman–Crippen MR) is 136 cm³/mol. The zero-order valence-corrected chi connectivity index (χ0v) is 19.6. The van der Waals surface area contributed by atoms with E-state index < -0.39 is 0 Å². The highest BCUT2D eigenvalue weighted by Crippen LogP contribution is 2.35. The van der Waals surface area contributed by atoms with Gasteiger partial charge < -0.3 is 10.1 Å². The standard InChI is InChI=1S/C28H28N2O2S/c1-32-27-14-8-6-12-25(27)29-28(31)21-15-17-22(18-16-21)33-30-19-24(20-9-3-2-4-10-20)23-11-5-7-13-26(23)30/h2-5,7,9-11,13,15-19,25,27H,6,8,12,14H2,1H3,(H,29,31). The van der Waals surface area contributed by atoms with Crippen molar-refractivity contribution in [2.45, 2.75) is 42.7 Å². The van der Waals surface area contributed by atoms with Crippen LogP contribution in [0.3, 0.4) is 0 Å². The molecular formula is C28H28N2O2S. The molecule has 4 aromatic rings. The van der Waals surface area contributed by atoms with Gasteiger partial charge in [-0.05, 0) is 60.7 Å². The number of ether oxygens (including phenoxy) is 1. The molecule has 4 nitrogen and oxygen atoms in total. The van der Waals surface area contributed by atoms with E-state index in [-0.39, 0.29) is 18.1 Å². The van der Waals surface area contributed by atoms with Crippen LogP contribution >= 0.6 is 11.9 Å². The Balaban J connectivity index is 1.34. The molecule has 0 aliphatic heterocycles. The average molecular weight is 457 g/mol. The molecule has 1 saturated carbocycles. The smallest absolute Gasteiger partial charge is 0.251 e. The third-order valence-electron chi connectivity index (χ3n) is 6.40. The molecule has 2 unspecified atom stereocenters. The highest BCUT2D eigenvalue weighted by atomic mass is 32.2. The Morgan fingerprint density at radius 1 is 0.939 bits per heavy atom. The van der Waals surface area contributed by atoms with E-state index in [4.69, 9.17) is 4.74 Å². The van der Waals surface area contributed by atoms with E-state index in [0.29, 0.717) is 5.56 Å². The normalized spacial score (nSPS) is 18.3. The summed E-state index contributed by atoms with van der Waals surface area (Å²) >= 11 is 1.66. The molecule has 1 aliphatic rings. The van der Waals surface area contributed by atoms with Crippen LogP contribution in [0.15, 0.2) is 90.0 Å². The van der Waals surface area contributed by atoms with Gasteiger partial charge in [0.1, 0.15) is 0 Å². The molecule has 0 radical (unpaired) electrons. The predicted octanol–water partition coefficient (Wildman–Crippen LogP) is 6.55. The summed E-state index contributed by atoms with van der Waals surface area (Å²) in [7, 11) is 1.73. The van der Waals surface area contributed by atoms with Crippen molar-refractivity contribution in [1.82, 2.24) is 9.29 Å². The molecule has 1 heterocycles. The van der Waals surface area contributed by atoms with Gasteiger partial charge in [-0.1, -0.05) is 61.4 Å². The molecule has 1 aromatic heterocycles. The molecular weight excluding hydrogens is 428 g/mol. The SMILES string of the molecule is COC1CCCCC1NC(=O)c1ccc(Sn2cc(-c3ccccc3)c3ccccc32)cc1. The Morgan fingerprint density at radius 3 is 2.45 bits per heavy atom. The number of hydrogen-bond acceptors (Lipinski definition) is 3. The number of amides is 1. The minimum Gasteiger partial charge on any atom is -0.379 e. The van der Waals surface area contributed by atoms with Crippen LogP contribution in [0.1, 0.15) is 36.0 Å². The fourth-order valence-electron chi connectivity index (χ4n) is 4.65. The molecule has 168 valence electrons. The van der Waals surface area contributed by atoms with Gasteiger partial charge in [0.2, 0.25) is 0 Å². The maximum Gasteiger partial charge on any atom is 0.251 e. The maximum absolute atomic E-state index is 12.8. The van der Waals surface area contributed by atoms with Gasteiger partial charge in [0, 0.05) is 34.7 Å². The topological polar surface area (TPSA) is 43.3 Å². The first-order chi connectivity index (χ1) is 16.2. The number of carbonyl (C=O) groups excluding carboxylic acids is 1. The number of rotatable bonds is 6. The quantitative estimate of drug-likeness (QED) is 0.358. The average Bonchev–Trinajstić information content (AvgIpc) is 3.24. The minimum absolute atomic E-state index is 0.0294. The summed E-state index contributed by atoms with van der Waals surface area (Å²) in [6.45, 7) is 0. The number of nitrogens with zero attached hydrogens (tertiary/aromatic N) is 1. The molecule has 1 fully saturated rings. The van der Waals surface area contributed by atoms with Gasteiger partial charge in [-0.2, -0.15) is 0 Å². The summed E-state index contributed by atoms with van der Waals surface area (Å²) in [6.07, 6.45) is 6.58. The first-order valence-corrected chi connectivity index (χ1v) is 12.3. The molecule has 0 spiro atoms. The molecule has 0 bridgehead atoms. The minimum atomic E-state index is -0.0294. The molecule has 5 rings (SSSR count). The van der Waals surface area contributed by atoms with Crippen LogP contribution in [0.2, 0.25) is 0 Å². The van der Waals surface area contributed by atoms with E-state index >= 15 is 0 Å². The Morgan fingerprint density at radius 2 is 1.67 bits per heavy atom. The van der Waals surface area contributed by atoms with Crippen molar-refractivity contribution < 1.29 is 9.53 Å². The van der Waals surface area contributed by atoms with Crippen molar-refractivity contribution in [3.8, 4) is 11.1 Å². The van der Waals surface area contributed by atoms with Crippen molar-refractivity contribution in [3.05, 3.63) is 90.6 Å². The van der Waals surface area contributed by atoms with Gasteiger partial charge >= 0.3 is 0 Å². The van der Waals surface area contributed by atoms with E-state index in [1.165, 1.54) is 22.0 Å². The molecule has 5 heteroatoms. The number of carbonyl (C=O) groups is 1. The number of methoxy groups -OCH3 is 1. The first kappa shape index (κ1) is 21.8. The van der Waals surface area contributed by atoms with Crippen LogP contribution in [0.5, 0.6) is 0 Å². The molecule has 3 aromatic carbocycles. The van der Waals surface area contributed by atoms with Crippen LogP contribution < -0.4 is 5.32 Å². The summed E-state index contributed by atoms with van der Waals surface area (Å²) in [5.74, 6) is -0.0294. The van der Waals surface area contributed by atoms with Gasteiger partial charge in [0.15, 0.2) is 0 Å². The molecule has 33 heavy (non-hydrogen) atoms. The largest absolute Gasteiger partial charge is 0.379 e. The summed E-state index contributed by atoms with van der Waals surface area (Å²) in [6, 6.07) is 26.9. The third kappa shape index (κ3) is 4.70. The lowest BCUT2D eigenvalue weighted by Crippen LogP contribution is -2.45. The molecule has 2 atom stereocenters. The van der Waals surface area contributed by atoms with Crippen molar-refractivity contribution in [2.24, 2.45) is 0 Å². The highest BCUT2D eigenvalue weighted by molar-refractivity contribution is 7.98. The van der Waals surface area contributed by atoms with Crippen LogP contribution in [-0.4, -0.2) is 29.1 Å². The van der Waals surface area contributed by atoms with Crippen molar-refractivity contribution >= 4 is 28.8 Å². The summed E-state index contributed by atoms with van der Waals surface area (Å²) in [5.41, 5.74) is 4.28. The Kier molecular flexibility index (Phi) is 6.51. The summed E-state index contributed by atoms with van der Waals surface area (Å²) < 4.78 is 7.78. The molecule has 1 aliphatic carbocycles. The number of aromatic nitrogens is 1. The van der Waals surface area contributed by atoms with E-state index in [9.17, 15) is 4.79 Å². The lowest BCUT2D eigenvalue weighted by atomic mass is 9.92. The van der Waals surface area contributed by atoms with Crippen LogP contribution in [0.25, 0.3) is 22.0 Å². The molecule has 0 saturated heterocycles. The second-order valence-electron chi connectivity index (χ2n) is 8.51. The van der Waals surface area contributed by atoms with Gasteiger partial charge in [-0.25, -0.2) is 0 Å². The Bertz CT molecular complexity index is 1230. The second-order valence-corrected chi connectivity index (χ2v) is 9.55. The van der Waals surface area contributed by atoms with Crippen LogP contribution in [0.4, 0.5) is 0 Å². The zero-order chi connectivity index (χ0) is 22.6. The Labute approximate surface area is 199 Å². The Hall–Kier alpha value is -3.02. The number of fused-ring (bicyclic) bond motifs is 1. The fourth-order valence-corrected chi connectivity index (χ4v) is 5.55. The number of benzene rings is 3. The van der Waals surface area contributed by atoms with Crippen LogP contribution in [0, 0.1) is 0 Å². The van der Waals surface area contributed by atoms with Gasteiger partial charge in [-0.15, -0.1) is 0 Å².